The van der Waals surface area contributed by atoms with Gasteiger partial charge in [-0.3, -0.25) is 4.79 Å². The summed E-state index contributed by atoms with van der Waals surface area (Å²) >= 11 is 5.91. The van der Waals surface area contributed by atoms with Gasteiger partial charge in [-0.25, -0.2) is 4.98 Å². The zero-order valence-electron chi connectivity index (χ0n) is 10.6. The number of aromatic nitrogens is 1. The first-order valence-electron chi connectivity index (χ1n) is 5.68. The molecular formula is C14H13ClN2O2. The molecule has 0 aliphatic heterocycles. The second-order valence-corrected chi connectivity index (χ2v) is 4.41. The van der Waals surface area contributed by atoms with Gasteiger partial charge in [-0.2, -0.15) is 0 Å². The number of hydrogen-bond donors (Lipinski definition) is 1. The van der Waals surface area contributed by atoms with Crippen molar-refractivity contribution >= 4 is 23.2 Å². The van der Waals surface area contributed by atoms with E-state index in [1.54, 1.807) is 30.3 Å². The minimum atomic E-state index is -0.302. The summed E-state index contributed by atoms with van der Waals surface area (Å²) in [6, 6.07) is 10.3. The van der Waals surface area contributed by atoms with Gasteiger partial charge in [0.25, 0.3) is 5.91 Å². The van der Waals surface area contributed by atoms with E-state index >= 15 is 0 Å². The highest BCUT2D eigenvalue weighted by molar-refractivity contribution is 6.31. The topological polar surface area (TPSA) is 51.2 Å². The van der Waals surface area contributed by atoms with Gasteiger partial charge >= 0.3 is 0 Å². The normalized spacial score (nSPS) is 10.1. The molecule has 1 heterocycles. The lowest BCUT2D eigenvalue weighted by Gasteiger charge is -2.09. The molecule has 1 N–H and O–H groups in total. The number of amides is 1. The minimum Gasteiger partial charge on any atom is -0.481 e. The zero-order valence-corrected chi connectivity index (χ0v) is 11.4. The lowest BCUT2D eigenvalue weighted by Crippen LogP contribution is -2.14. The molecule has 0 atom stereocenters. The molecule has 0 bridgehead atoms. The Bertz CT molecular complexity index is 614. The maximum Gasteiger partial charge on any atom is 0.274 e. The minimum absolute atomic E-state index is 0.290. The Kier molecular flexibility index (Phi) is 4.02. The van der Waals surface area contributed by atoms with Gasteiger partial charge in [-0.05, 0) is 30.7 Å². The smallest absolute Gasteiger partial charge is 0.274 e. The fourth-order valence-corrected chi connectivity index (χ4v) is 1.74. The number of benzene rings is 1. The van der Waals surface area contributed by atoms with Crippen LogP contribution in [0.25, 0.3) is 0 Å². The van der Waals surface area contributed by atoms with Crippen LogP contribution in [0.4, 0.5) is 5.69 Å². The average molecular weight is 277 g/mol. The van der Waals surface area contributed by atoms with E-state index in [0.717, 1.165) is 5.56 Å². The van der Waals surface area contributed by atoms with Crippen molar-refractivity contribution in [2.45, 2.75) is 6.92 Å². The summed E-state index contributed by atoms with van der Waals surface area (Å²) in [5.41, 5.74) is 1.89. The molecule has 0 fully saturated rings. The Labute approximate surface area is 116 Å². The number of nitrogens with zero attached hydrogens (tertiary/aromatic N) is 1. The molecule has 1 aromatic carbocycles. The zero-order chi connectivity index (χ0) is 13.8. The largest absolute Gasteiger partial charge is 0.481 e. The molecule has 4 nitrogen and oxygen atoms in total. The molecule has 19 heavy (non-hydrogen) atoms. The van der Waals surface area contributed by atoms with Gasteiger partial charge < -0.3 is 10.1 Å². The summed E-state index contributed by atoms with van der Waals surface area (Å²) < 4.78 is 4.99. The number of nitrogens with one attached hydrogen (secondary N) is 1. The summed E-state index contributed by atoms with van der Waals surface area (Å²) in [5.74, 6) is 0.0970. The van der Waals surface area contributed by atoms with Crippen molar-refractivity contribution in [3.05, 3.63) is 52.7 Å². The summed E-state index contributed by atoms with van der Waals surface area (Å²) in [6.45, 7) is 1.89. The number of rotatable bonds is 3. The molecule has 2 aromatic rings. The molecular weight excluding hydrogens is 264 g/mol. The Morgan fingerprint density at radius 1 is 1.32 bits per heavy atom. The lowest BCUT2D eigenvalue weighted by molar-refractivity contribution is 0.102. The van der Waals surface area contributed by atoms with Crippen LogP contribution in [0.2, 0.25) is 5.02 Å². The summed E-state index contributed by atoms with van der Waals surface area (Å²) in [4.78, 5) is 16.1. The van der Waals surface area contributed by atoms with Crippen LogP contribution in [0.1, 0.15) is 16.1 Å². The Balaban J connectivity index is 2.22. The van der Waals surface area contributed by atoms with Crippen LogP contribution in [0.5, 0.6) is 5.88 Å². The fraction of sp³-hybridized carbons (Fsp3) is 0.143. The van der Waals surface area contributed by atoms with Crippen LogP contribution >= 0.6 is 11.6 Å². The molecule has 0 saturated carbocycles. The average Bonchev–Trinajstić information content (AvgIpc) is 2.43. The molecule has 0 aliphatic carbocycles. The SMILES string of the molecule is COc1cccc(C(=O)Nc2cc(Cl)ccc2C)n1. The maximum atomic E-state index is 12.1. The van der Waals surface area contributed by atoms with Gasteiger partial charge in [-0.15, -0.1) is 0 Å². The molecule has 5 heteroatoms. The van der Waals surface area contributed by atoms with Crippen molar-refractivity contribution in [1.82, 2.24) is 4.98 Å². The van der Waals surface area contributed by atoms with Gasteiger partial charge in [0, 0.05) is 16.8 Å². The highest BCUT2D eigenvalue weighted by atomic mass is 35.5. The molecule has 0 radical (unpaired) electrons. The van der Waals surface area contributed by atoms with Crippen LogP contribution in [-0.4, -0.2) is 18.0 Å². The fourth-order valence-electron chi connectivity index (χ4n) is 1.57. The van der Waals surface area contributed by atoms with Gasteiger partial charge in [0.05, 0.1) is 7.11 Å². The number of anilines is 1. The standard InChI is InChI=1S/C14H13ClN2O2/c1-9-6-7-10(15)8-12(9)17-14(18)11-4-3-5-13(16-11)19-2/h3-8H,1-2H3,(H,17,18). The third-order valence-electron chi connectivity index (χ3n) is 2.61. The van der Waals surface area contributed by atoms with E-state index in [9.17, 15) is 4.79 Å². The van der Waals surface area contributed by atoms with Gasteiger partial charge in [0.1, 0.15) is 5.69 Å². The van der Waals surface area contributed by atoms with Gasteiger partial charge in [0.15, 0.2) is 0 Å². The third-order valence-corrected chi connectivity index (χ3v) is 2.85. The molecule has 0 spiro atoms. The number of halogens is 1. The van der Waals surface area contributed by atoms with Gasteiger partial charge in [-0.1, -0.05) is 23.7 Å². The van der Waals surface area contributed by atoms with Gasteiger partial charge in [0.2, 0.25) is 5.88 Å². The van der Waals surface area contributed by atoms with Crippen LogP contribution < -0.4 is 10.1 Å². The van der Waals surface area contributed by atoms with Crippen LogP contribution in [0.3, 0.4) is 0 Å². The molecule has 1 aromatic heterocycles. The van der Waals surface area contributed by atoms with Crippen molar-refractivity contribution in [1.29, 1.82) is 0 Å². The lowest BCUT2D eigenvalue weighted by atomic mass is 10.2. The highest BCUT2D eigenvalue weighted by Crippen LogP contribution is 2.20. The van der Waals surface area contributed by atoms with Crippen LogP contribution in [0.15, 0.2) is 36.4 Å². The van der Waals surface area contributed by atoms with Crippen molar-refractivity contribution in [3.63, 3.8) is 0 Å². The van der Waals surface area contributed by atoms with Crippen LogP contribution in [-0.2, 0) is 0 Å². The van der Waals surface area contributed by atoms with E-state index < -0.39 is 0 Å². The molecule has 0 unspecified atom stereocenters. The predicted molar refractivity (Wildman–Crippen MR) is 74.9 cm³/mol. The van der Waals surface area contributed by atoms with E-state index in [0.29, 0.717) is 22.3 Å². The Morgan fingerprint density at radius 2 is 2.11 bits per heavy atom. The van der Waals surface area contributed by atoms with Crippen molar-refractivity contribution < 1.29 is 9.53 Å². The summed E-state index contributed by atoms with van der Waals surface area (Å²) in [6.07, 6.45) is 0. The monoisotopic (exact) mass is 276 g/mol. The number of ether oxygens (including phenoxy) is 1. The van der Waals surface area contributed by atoms with E-state index in [4.69, 9.17) is 16.3 Å². The Hall–Kier alpha value is -2.07. The van der Waals surface area contributed by atoms with E-state index in [1.807, 2.05) is 13.0 Å². The number of hydrogen-bond acceptors (Lipinski definition) is 3. The molecule has 2 rings (SSSR count). The Morgan fingerprint density at radius 3 is 2.84 bits per heavy atom. The first-order valence-corrected chi connectivity index (χ1v) is 6.06. The first kappa shape index (κ1) is 13.4. The van der Waals surface area contributed by atoms with Crippen molar-refractivity contribution in [2.24, 2.45) is 0 Å². The molecule has 0 saturated heterocycles. The first-order chi connectivity index (χ1) is 9.10. The predicted octanol–water partition coefficient (Wildman–Crippen LogP) is 3.30. The molecule has 0 aliphatic rings. The van der Waals surface area contributed by atoms with E-state index in [-0.39, 0.29) is 5.91 Å². The number of aryl methyl sites for hydroxylation is 1. The molecule has 98 valence electrons. The maximum absolute atomic E-state index is 12.1. The van der Waals surface area contributed by atoms with E-state index in [1.165, 1.54) is 7.11 Å². The van der Waals surface area contributed by atoms with Crippen LogP contribution in [0, 0.1) is 6.92 Å². The number of pyridine rings is 1. The highest BCUT2D eigenvalue weighted by Gasteiger charge is 2.10. The summed E-state index contributed by atoms with van der Waals surface area (Å²) in [5, 5.41) is 3.35. The quantitative estimate of drug-likeness (QED) is 0.936. The van der Waals surface area contributed by atoms with Crippen molar-refractivity contribution in [2.75, 3.05) is 12.4 Å². The molecule has 1 amide bonds. The second-order valence-electron chi connectivity index (χ2n) is 3.98. The number of carbonyl (C=O) groups is 1. The third kappa shape index (κ3) is 3.23. The van der Waals surface area contributed by atoms with Crippen molar-refractivity contribution in [3.8, 4) is 5.88 Å². The second kappa shape index (κ2) is 5.71. The number of methoxy groups -OCH3 is 1. The summed E-state index contributed by atoms with van der Waals surface area (Å²) in [7, 11) is 1.51. The van der Waals surface area contributed by atoms with E-state index in [2.05, 4.69) is 10.3 Å². The number of carbonyl (C=O) groups excluding carboxylic acids is 1.